The lowest BCUT2D eigenvalue weighted by Gasteiger charge is -2.30. The van der Waals surface area contributed by atoms with E-state index < -0.39 is 0 Å². The van der Waals surface area contributed by atoms with Crippen molar-refractivity contribution in [3.8, 4) is 12.3 Å². The van der Waals surface area contributed by atoms with E-state index in [0.29, 0.717) is 6.04 Å². The number of rotatable bonds is 6. The van der Waals surface area contributed by atoms with E-state index in [9.17, 15) is 0 Å². The van der Waals surface area contributed by atoms with Gasteiger partial charge in [-0.2, -0.15) is 0 Å². The van der Waals surface area contributed by atoms with E-state index in [2.05, 4.69) is 43.8 Å². The third kappa shape index (κ3) is 5.53. The van der Waals surface area contributed by atoms with Gasteiger partial charge in [0.2, 0.25) is 0 Å². The number of terminal acetylenes is 1. The van der Waals surface area contributed by atoms with Crippen LogP contribution in [0.4, 0.5) is 0 Å². The second kappa shape index (κ2) is 5.70. The van der Waals surface area contributed by atoms with Crippen molar-refractivity contribution in [1.29, 1.82) is 0 Å². The molecule has 1 N–H and O–H groups in total. The van der Waals surface area contributed by atoms with E-state index in [4.69, 9.17) is 6.42 Å². The molecule has 0 saturated heterocycles. The summed E-state index contributed by atoms with van der Waals surface area (Å²) in [7, 11) is 0. The standard InChI is InChI=1S/C14H26N2/c1-6-9-16(11-13-7-8-13)12(2)10-15-14(3,4)5/h1,12-13,15H,7-11H2,2-5H3. The maximum absolute atomic E-state index is 5.43. The zero-order valence-electron chi connectivity index (χ0n) is 11.2. The Balaban J connectivity index is 2.34. The summed E-state index contributed by atoms with van der Waals surface area (Å²) in [5, 5.41) is 3.54. The van der Waals surface area contributed by atoms with Gasteiger partial charge in [0.25, 0.3) is 0 Å². The molecule has 1 aliphatic carbocycles. The van der Waals surface area contributed by atoms with Gasteiger partial charge in [-0.3, -0.25) is 4.90 Å². The Labute approximate surface area is 101 Å². The van der Waals surface area contributed by atoms with Gasteiger partial charge in [-0.15, -0.1) is 6.42 Å². The summed E-state index contributed by atoms with van der Waals surface area (Å²) < 4.78 is 0. The zero-order chi connectivity index (χ0) is 12.2. The Morgan fingerprint density at radius 3 is 2.50 bits per heavy atom. The lowest BCUT2D eigenvalue weighted by atomic mass is 10.1. The van der Waals surface area contributed by atoms with Gasteiger partial charge in [0, 0.05) is 24.7 Å². The summed E-state index contributed by atoms with van der Waals surface area (Å²) in [6, 6.07) is 0.524. The molecule has 0 aromatic carbocycles. The van der Waals surface area contributed by atoms with Crippen molar-refractivity contribution in [2.45, 2.75) is 52.1 Å². The van der Waals surface area contributed by atoms with Crippen LogP contribution in [0.1, 0.15) is 40.5 Å². The Morgan fingerprint density at radius 1 is 1.44 bits per heavy atom. The summed E-state index contributed by atoms with van der Waals surface area (Å²) in [4.78, 5) is 2.43. The monoisotopic (exact) mass is 222 g/mol. The van der Waals surface area contributed by atoms with E-state index in [1.54, 1.807) is 0 Å². The predicted molar refractivity (Wildman–Crippen MR) is 70.3 cm³/mol. The van der Waals surface area contributed by atoms with Gasteiger partial charge < -0.3 is 5.32 Å². The summed E-state index contributed by atoms with van der Waals surface area (Å²) in [6.45, 7) is 11.8. The molecule has 1 fully saturated rings. The van der Waals surface area contributed by atoms with Crippen molar-refractivity contribution in [3.05, 3.63) is 0 Å². The third-order valence-electron chi connectivity index (χ3n) is 3.04. The van der Waals surface area contributed by atoms with E-state index in [1.165, 1.54) is 19.4 Å². The summed E-state index contributed by atoms with van der Waals surface area (Å²) in [5.74, 6) is 3.68. The number of hydrogen-bond donors (Lipinski definition) is 1. The largest absolute Gasteiger partial charge is 0.311 e. The predicted octanol–water partition coefficient (Wildman–Crippen LogP) is 2.11. The third-order valence-corrected chi connectivity index (χ3v) is 3.04. The molecule has 0 aliphatic heterocycles. The summed E-state index contributed by atoms with van der Waals surface area (Å²) >= 11 is 0. The minimum Gasteiger partial charge on any atom is -0.311 e. The fourth-order valence-electron chi connectivity index (χ4n) is 1.73. The number of nitrogens with one attached hydrogen (secondary N) is 1. The molecule has 1 unspecified atom stereocenters. The summed E-state index contributed by atoms with van der Waals surface area (Å²) in [5.41, 5.74) is 0.190. The average Bonchev–Trinajstić information content (AvgIpc) is 2.96. The SMILES string of the molecule is C#CCN(CC1CC1)C(C)CNC(C)(C)C. The van der Waals surface area contributed by atoms with Crippen molar-refractivity contribution < 1.29 is 0 Å². The van der Waals surface area contributed by atoms with Crippen LogP contribution in [-0.4, -0.2) is 36.1 Å². The van der Waals surface area contributed by atoms with Crippen LogP contribution in [0.5, 0.6) is 0 Å². The maximum atomic E-state index is 5.43. The van der Waals surface area contributed by atoms with Crippen LogP contribution in [-0.2, 0) is 0 Å². The van der Waals surface area contributed by atoms with Crippen LogP contribution in [0, 0.1) is 18.3 Å². The van der Waals surface area contributed by atoms with Gasteiger partial charge in [-0.25, -0.2) is 0 Å². The van der Waals surface area contributed by atoms with Gasteiger partial charge in [0.05, 0.1) is 6.54 Å². The highest BCUT2D eigenvalue weighted by molar-refractivity contribution is 4.92. The molecule has 1 aliphatic rings. The highest BCUT2D eigenvalue weighted by Crippen LogP contribution is 2.30. The molecule has 0 amide bonds. The fraction of sp³-hybridized carbons (Fsp3) is 0.857. The molecule has 1 rings (SSSR count). The molecule has 0 bridgehead atoms. The molecule has 2 heteroatoms. The van der Waals surface area contributed by atoms with Crippen molar-refractivity contribution in [2.75, 3.05) is 19.6 Å². The quantitative estimate of drug-likeness (QED) is 0.692. The number of nitrogens with zero attached hydrogens (tertiary/aromatic N) is 1. The highest BCUT2D eigenvalue weighted by atomic mass is 15.2. The van der Waals surface area contributed by atoms with Gasteiger partial charge in [0.15, 0.2) is 0 Å². The molecule has 0 heterocycles. The summed E-state index contributed by atoms with van der Waals surface area (Å²) in [6.07, 6.45) is 8.21. The molecule has 0 aromatic rings. The zero-order valence-corrected chi connectivity index (χ0v) is 11.2. The Bertz CT molecular complexity index is 242. The molecule has 0 aromatic heterocycles. The molecule has 1 atom stereocenters. The Morgan fingerprint density at radius 2 is 2.06 bits per heavy atom. The van der Waals surface area contributed by atoms with Crippen molar-refractivity contribution in [2.24, 2.45) is 5.92 Å². The maximum Gasteiger partial charge on any atom is 0.0601 e. The van der Waals surface area contributed by atoms with Crippen LogP contribution in [0.15, 0.2) is 0 Å². The van der Waals surface area contributed by atoms with E-state index in [0.717, 1.165) is 19.0 Å². The van der Waals surface area contributed by atoms with Gasteiger partial charge >= 0.3 is 0 Å². The Hall–Kier alpha value is -0.520. The lowest BCUT2D eigenvalue weighted by molar-refractivity contribution is 0.209. The molecular weight excluding hydrogens is 196 g/mol. The second-order valence-corrected chi connectivity index (χ2v) is 6.06. The second-order valence-electron chi connectivity index (χ2n) is 6.06. The average molecular weight is 222 g/mol. The first-order valence-electron chi connectivity index (χ1n) is 6.35. The van der Waals surface area contributed by atoms with Gasteiger partial charge in [-0.05, 0) is 46.5 Å². The highest BCUT2D eigenvalue weighted by Gasteiger charge is 2.26. The fourth-order valence-corrected chi connectivity index (χ4v) is 1.73. The van der Waals surface area contributed by atoms with Crippen LogP contribution in [0.3, 0.4) is 0 Å². The molecular formula is C14H26N2. The lowest BCUT2D eigenvalue weighted by Crippen LogP contribution is -2.47. The van der Waals surface area contributed by atoms with E-state index in [1.807, 2.05) is 0 Å². The van der Waals surface area contributed by atoms with Crippen molar-refractivity contribution >= 4 is 0 Å². The molecule has 92 valence electrons. The van der Waals surface area contributed by atoms with Crippen molar-refractivity contribution in [3.63, 3.8) is 0 Å². The van der Waals surface area contributed by atoms with Crippen LogP contribution in [0.2, 0.25) is 0 Å². The first-order chi connectivity index (χ1) is 7.42. The van der Waals surface area contributed by atoms with Crippen LogP contribution >= 0.6 is 0 Å². The number of hydrogen-bond acceptors (Lipinski definition) is 2. The van der Waals surface area contributed by atoms with Gasteiger partial charge in [-0.1, -0.05) is 5.92 Å². The van der Waals surface area contributed by atoms with E-state index >= 15 is 0 Å². The first-order valence-corrected chi connectivity index (χ1v) is 6.35. The first kappa shape index (κ1) is 13.5. The molecule has 2 nitrogen and oxygen atoms in total. The van der Waals surface area contributed by atoms with Gasteiger partial charge in [0.1, 0.15) is 0 Å². The normalized spacial score (nSPS) is 18.5. The van der Waals surface area contributed by atoms with E-state index in [-0.39, 0.29) is 5.54 Å². The molecule has 0 spiro atoms. The topological polar surface area (TPSA) is 15.3 Å². The molecule has 0 radical (unpaired) electrons. The Kier molecular flexibility index (Phi) is 4.83. The van der Waals surface area contributed by atoms with Crippen LogP contribution < -0.4 is 5.32 Å². The van der Waals surface area contributed by atoms with Crippen molar-refractivity contribution in [1.82, 2.24) is 10.2 Å². The minimum atomic E-state index is 0.190. The van der Waals surface area contributed by atoms with Crippen LogP contribution in [0.25, 0.3) is 0 Å². The molecule has 1 saturated carbocycles. The minimum absolute atomic E-state index is 0.190. The molecule has 16 heavy (non-hydrogen) atoms. The smallest absolute Gasteiger partial charge is 0.0601 e.